The van der Waals surface area contributed by atoms with Gasteiger partial charge in [0.25, 0.3) is 0 Å². The molecule has 0 saturated heterocycles. The van der Waals surface area contributed by atoms with Gasteiger partial charge in [0.2, 0.25) is 0 Å². The van der Waals surface area contributed by atoms with E-state index in [-0.39, 0.29) is 0 Å². The summed E-state index contributed by atoms with van der Waals surface area (Å²) in [5.41, 5.74) is 1.63. The Bertz CT molecular complexity index is 343. The summed E-state index contributed by atoms with van der Waals surface area (Å²) in [5, 5.41) is 3.83. The van der Waals surface area contributed by atoms with E-state index in [2.05, 4.69) is 17.0 Å². The van der Waals surface area contributed by atoms with Crippen LogP contribution >= 0.6 is 0 Å². The summed E-state index contributed by atoms with van der Waals surface area (Å²) in [7, 11) is 1.51. The van der Waals surface area contributed by atoms with Crippen LogP contribution in [-0.2, 0) is 4.84 Å². The third kappa shape index (κ3) is 2.64. The van der Waals surface area contributed by atoms with Crippen LogP contribution in [0.4, 0.5) is 0 Å². The van der Waals surface area contributed by atoms with Gasteiger partial charge in [-0.2, -0.15) is 0 Å². The number of nitrogens with zero attached hydrogens (tertiary/aromatic N) is 1. The maximum absolute atomic E-state index is 4.70. The summed E-state index contributed by atoms with van der Waals surface area (Å²) in [6.07, 6.45) is 0. The second kappa shape index (κ2) is 5.00. The molecule has 0 fully saturated rings. The molecule has 0 aliphatic carbocycles. The summed E-state index contributed by atoms with van der Waals surface area (Å²) in [6.45, 7) is 1.77. The Hall–Kier alpha value is -1.75. The van der Waals surface area contributed by atoms with Gasteiger partial charge in [-0.3, -0.25) is 0 Å². The molecule has 66 valence electrons. The van der Waals surface area contributed by atoms with Gasteiger partial charge in [-0.1, -0.05) is 41.4 Å². The summed E-state index contributed by atoms with van der Waals surface area (Å²) >= 11 is 0. The van der Waals surface area contributed by atoms with Gasteiger partial charge in [0.05, 0.1) is 0 Å². The summed E-state index contributed by atoms with van der Waals surface area (Å²) in [5.74, 6) is 5.67. The zero-order valence-electron chi connectivity index (χ0n) is 7.74. The van der Waals surface area contributed by atoms with Gasteiger partial charge in [-0.25, -0.2) is 0 Å². The molecule has 0 atom stereocenters. The number of hydrogen-bond acceptors (Lipinski definition) is 2. The molecule has 0 aromatic heterocycles. The topological polar surface area (TPSA) is 21.6 Å². The van der Waals surface area contributed by atoms with Crippen molar-refractivity contribution in [2.24, 2.45) is 5.16 Å². The predicted octanol–water partition coefficient (Wildman–Crippen LogP) is 2.06. The Morgan fingerprint density at radius 2 is 2.00 bits per heavy atom. The largest absolute Gasteiger partial charge is 0.398 e. The minimum Gasteiger partial charge on any atom is -0.398 e. The van der Waals surface area contributed by atoms with E-state index in [1.54, 1.807) is 6.92 Å². The minimum absolute atomic E-state index is 0.658. The quantitative estimate of drug-likeness (QED) is 0.381. The highest BCUT2D eigenvalue weighted by Crippen LogP contribution is 2.00. The van der Waals surface area contributed by atoms with E-state index in [9.17, 15) is 0 Å². The Balaban J connectivity index is 3.01. The summed E-state index contributed by atoms with van der Waals surface area (Å²) in [6, 6.07) is 9.73. The van der Waals surface area contributed by atoms with Gasteiger partial charge in [0, 0.05) is 5.56 Å². The van der Waals surface area contributed by atoms with Gasteiger partial charge in [0.15, 0.2) is 5.71 Å². The molecule has 0 aliphatic rings. The second-order valence-electron chi connectivity index (χ2n) is 2.36. The van der Waals surface area contributed by atoms with E-state index in [0.717, 1.165) is 5.56 Å². The molecular formula is C11H11NO. The zero-order chi connectivity index (χ0) is 9.52. The van der Waals surface area contributed by atoms with E-state index in [1.807, 2.05) is 30.3 Å². The normalized spacial score (nSPS) is 10.2. The smallest absolute Gasteiger partial charge is 0.159 e. The van der Waals surface area contributed by atoms with Crippen molar-refractivity contribution >= 4 is 5.71 Å². The van der Waals surface area contributed by atoms with Gasteiger partial charge >= 0.3 is 0 Å². The first-order valence-electron chi connectivity index (χ1n) is 3.98. The van der Waals surface area contributed by atoms with Crippen LogP contribution in [0.2, 0.25) is 0 Å². The van der Waals surface area contributed by atoms with Crippen LogP contribution in [0.15, 0.2) is 35.5 Å². The fourth-order valence-electron chi connectivity index (χ4n) is 0.953. The van der Waals surface area contributed by atoms with Crippen LogP contribution < -0.4 is 0 Å². The fraction of sp³-hybridized carbons (Fsp3) is 0.182. The Kier molecular flexibility index (Phi) is 3.59. The molecule has 0 heterocycles. The SMILES string of the molecule is CC#C/C(=N\OC)c1ccccc1. The molecule has 0 unspecified atom stereocenters. The monoisotopic (exact) mass is 173 g/mol. The number of hydrogen-bond donors (Lipinski definition) is 0. The van der Waals surface area contributed by atoms with Crippen molar-refractivity contribution in [3.63, 3.8) is 0 Å². The molecular weight excluding hydrogens is 162 g/mol. The maximum Gasteiger partial charge on any atom is 0.159 e. The van der Waals surface area contributed by atoms with Gasteiger partial charge in [-0.05, 0) is 12.8 Å². The van der Waals surface area contributed by atoms with Crippen LogP contribution in [0.25, 0.3) is 0 Å². The molecule has 0 bridgehead atoms. The van der Waals surface area contributed by atoms with Crippen molar-refractivity contribution < 1.29 is 4.84 Å². The van der Waals surface area contributed by atoms with Crippen LogP contribution in [0.1, 0.15) is 12.5 Å². The Labute approximate surface area is 78.2 Å². The molecule has 0 amide bonds. The molecule has 13 heavy (non-hydrogen) atoms. The molecule has 1 aromatic rings. The lowest BCUT2D eigenvalue weighted by Crippen LogP contribution is -1.97. The van der Waals surface area contributed by atoms with Crippen molar-refractivity contribution in [2.75, 3.05) is 7.11 Å². The standard InChI is InChI=1S/C11H11NO/c1-3-7-11(12-13-2)10-8-5-4-6-9-10/h4-6,8-9H,1-2H3/b12-11+. The molecule has 1 rings (SSSR count). The molecule has 0 saturated carbocycles. The molecule has 2 heteroatoms. The maximum atomic E-state index is 4.70. The third-order valence-corrected chi connectivity index (χ3v) is 1.47. The second-order valence-corrected chi connectivity index (χ2v) is 2.36. The van der Waals surface area contributed by atoms with Crippen molar-refractivity contribution in [1.29, 1.82) is 0 Å². The number of oxime groups is 1. The Morgan fingerprint density at radius 1 is 1.31 bits per heavy atom. The molecule has 0 aliphatic heterocycles. The molecule has 0 spiro atoms. The van der Waals surface area contributed by atoms with Crippen LogP contribution in [-0.4, -0.2) is 12.8 Å². The zero-order valence-corrected chi connectivity index (χ0v) is 7.74. The van der Waals surface area contributed by atoms with Crippen LogP contribution in [0, 0.1) is 11.8 Å². The average molecular weight is 173 g/mol. The van der Waals surface area contributed by atoms with Crippen molar-refractivity contribution in [3.8, 4) is 11.8 Å². The highest BCUT2D eigenvalue weighted by atomic mass is 16.6. The first kappa shape index (κ1) is 9.34. The highest BCUT2D eigenvalue weighted by molar-refractivity contribution is 6.12. The first-order chi connectivity index (χ1) is 6.38. The van der Waals surface area contributed by atoms with E-state index in [1.165, 1.54) is 7.11 Å². The van der Waals surface area contributed by atoms with E-state index in [4.69, 9.17) is 4.84 Å². The van der Waals surface area contributed by atoms with Gasteiger partial charge in [0.1, 0.15) is 7.11 Å². The summed E-state index contributed by atoms with van der Waals surface area (Å²) < 4.78 is 0. The average Bonchev–Trinajstić information content (AvgIpc) is 2.19. The molecule has 0 radical (unpaired) electrons. The van der Waals surface area contributed by atoms with E-state index in [0.29, 0.717) is 5.71 Å². The van der Waals surface area contributed by atoms with E-state index < -0.39 is 0 Å². The van der Waals surface area contributed by atoms with Crippen molar-refractivity contribution in [1.82, 2.24) is 0 Å². The third-order valence-electron chi connectivity index (χ3n) is 1.47. The number of rotatable bonds is 2. The van der Waals surface area contributed by atoms with Gasteiger partial charge in [-0.15, -0.1) is 0 Å². The molecule has 2 nitrogen and oxygen atoms in total. The summed E-state index contributed by atoms with van der Waals surface area (Å²) in [4.78, 5) is 4.70. The minimum atomic E-state index is 0.658. The molecule has 1 aromatic carbocycles. The predicted molar refractivity (Wildman–Crippen MR) is 53.4 cm³/mol. The molecule has 0 N–H and O–H groups in total. The lowest BCUT2D eigenvalue weighted by Gasteiger charge is -1.96. The van der Waals surface area contributed by atoms with Crippen molar-refractivity contribution in [3.05, 3.63) is 35.9 Å². The van der Waals surface area contributed by atoms with Crippen LogP contribution in [0.3, 0.4) is 0 Å². The van der Waals surface area contributed by atoms with Crippen LogP contribution in [0.5, 0.6) is 0 Å². The lowest BCUT2D eigenvalue weighted by molar-refractivity contribution is 0.214. The Morgan fingerprint density at radius 3 is 2.54 bits per heavy atom. The highest BCUT2D eigenvalue weighted by Gasteiger charge is 1.97. The van der Waals surface area contributed by atoms with Crippen molar-refractivity contribution in [2.45, 2.75) is 6.92 Å². The van der Waals surface area contributed by atoms with Gasteiger partial charge < -0.3 is 4.84 Å². The van der Waals surface area contributed by atoms with E-state index >= 15 is 0 Å². The number of benzene rings is 1. The lowest BCUT2D eigenvalue weighted by atomic mass is 10.1. The first-order valence-corrected chi connectivity index (χ1v) is 3.98. The fourth-order valence-corrected chi connectivity index (χ4v) is 0.953.